The molecule has 0 spiro atoms. The van der Waals surface area contributed by atoms with E-state index in [0.29, 0.717) is 17.7 Å². The molecule has 0 saturated carbocycles. The summed E-state index contributed by atoms with van der Waals surface area (Å²) in [4.78, 5) is 19.0. The van der Waals surface area contributed by atoms with Gasteiger partial charge in [0.1, 0.15) is 5.52 Å². The van der Waals surface area contributed by atoms with E-state index in [1.54, 1.807) is 6.20 Å². The van der Waals surface area contributed by atoms with Crippen LogP contribution in [-0.2, 0) is 0 Å². The molecule has 5 heterocycles. The zero-order chi connectivity index (χ0) is 26.4. The third-order valence-corrected chi connectivity index (χ3v) is 8.62. The second kappa shape index (κ2) is 10.3. The largest absolute Gasteiger partial charge is 0.370 e. The van der Waals surface area contributed by atoms with Crippen LogP contribution in [0.4, 0.5) is 11.6 Å². The van der Waals surface area contributed by atoms with Crippen molar-refractivity contribution in [3.63, 3.8) is 0 Å². The fraction of sp³-hybridized carbons (Fsp3) is 0.500. The lowest BCUT2D eigenvalue weighted by molar-refractivity contribution is 0.249. The highest BCUT2D eigenvalue weighted by Gasteiger charge is 2.25. The van der Waals surface area contributed by atoms with Crippen LogP contribution in [0, 0.1) is 0 Å². The van der Waals surface area contributed by atoms with Crippen molar-refractivity contribution in [2.24, 2.45) is 0 Å². The van der Waals surface area contributed by atoms with E-state index in [1.807, 2.05) is 22.6 Å². The maximum absolute atomic E-state index is 6.84. The molecule has 0 atom stereocenters. The van der Waals surface area contributed by atoms with Crippen molar-refractivity contribution in [3.05, 3.63) is 41.6 Å². The average molecular weight is 534 g/mol. The zero-order valence-electron chi connectivity index (χ0n) is 22.7. The van der Waals surface area contributed by atoms with E-state index in [2.05, 4.69) is 75.1 Å². The molecule has 38 heavy (non-hydrogen) atoms. The molecule has 3 aromatic heterocycles. The first-order valence-corrected chi connectivity index (χ1v) is 13.9. The number of benzene rings is 1. The molecule has 10 heteroatoms. The Morgan fingerprint density at radius 3 is 2.11 bits per heavy atom. The summed E-state index contributed by atoms with van der Waals surface area (Å²) < 4.78 is 2.05. The van der Waals surface area contributed by atoms with Crippen LogP contribution in [0.5, 0.6) is 0 Å². The third kappa shape index (κ3) is 4.67. The third-order valence-electron chi connectivity index (χ3n) is 8.31. The number of nitrogens with zero attached hydrogens (tertiary/aromatic N) is 9. The predicted octanol–water partition coefficient (Wildman–Crippen LogP) is 4.05. The van der Waals surface area contributed by atoms with E-state index in [1.165, 1.54) is 0 Å². The molecule has 2 fully saturated rings. The van der Waals surface area contributed by atoms with Gasteiger partial charge in [-0.2, -0.15) is 0 Å². The fourth-order valence-electron chi connectivity index (χ4n) is 5.90. The Kier molecular flexibility index (Phi) is 6.84. The molecule has 9 nitrogen and oxygen atoms in total. The SMILES string of the molecule is CN(C)C1CCN(c2ccc(-c3ccc4ncc5nnc(N6CCC(N(C)C)CC6)n5c4n3)cc2Cl)CC1. The van der Waals surface area contributed by atoms with Crippen molar-refractivity contribution in [2.75, 3.05) is 64.2 Å². The van der Waals surface area contributed by atoms with Crippen molar-refractivity contribution in [1.82, 2.24) is 34.4 Å². The van der Waals surface area contributed by atoms with Gasteiger partial charge in [0, 0.05) is 43.8 Å². The maximum Gasteiger partial charge on any atom is 0.233 e. The van der Waals surface area contributed by atoms with Crippen LogP contribution in [0.1, 0.15) is 25.7 Å². The molecule has 200 valence electrons. The highest BCUT2D eigenvalue weighted by atomic mass is 35.5. The van der Waals surface area contributed by atoms with Crippen LogP contribution in [-0.4, -0.2) is 101 Å². The van der Waals surface area contributed by atoms with Gasteiger partial charge in [0.05, 0.1) is 22.6 Å². The van der Waals surface area contributed by atoms with Crippen molar-refractivity contribution >= 4 is 40.0 Å². The Morgan fingerprint density at radius 2 is 1.47 bits per heavy atom. The number of halogens is 1. The maximum atomic E-state index is 6.84. The van der Waals surface area contributed by atoms with Gasteiger partial charge in [-0.05, 0) is 78.1 Å². The highest BCUT2D eigenvalue weighted by molar-refractivity contribution is 6.33. The van der Waals surface area contributed by atoms with Gasteiger partial charge in [-0.3, -0.25) is 0 Å². The van der Waals surface area contributed by atoms with Gasteiger partial charge in [-0.1, -0.05) is 17.7 Å². The minimum atomic E-state index is 0.598. The quantitative estimate of drug-likeness (QED) is 0.380. The number of hydrogen-bond donors (Lipinski definition) is 0. The number of hydrogen-bond acceptors (Lipinski definition) is 8. The van der Waals surface area contributed by atoms with Crippen LogP contribution < -0.4 is 9.80 Å². The number of pyridine rings is 1. The van der Waals surface area contributed by atoms with Crippen LogP contribution in [0.25, 0.3) is 28.1 Å². The fourth-order valence-corrected chi connectivity index (χ4v) is 6.20. The Bertz CT molecular complexity index is 1430. The molecule has 2 aliphatic heterocycles. The predicted molar refractivity (Wildman–Crippen MR) is 154 cm³/mol. The minimum Gasteiger partial charge on any atom is -0.370 e. The molecular weight excluding hydrogens is 498 g/mol. The van der Waals surface area contributed by atoms with Crippen molar-refractivity contribution in [1.29, 1.82) is 0 Å². The second-order valence-corrected chi connectivity index (χ2v) is 11.4. The molecule has 0 amide bonds. The van der Waals surface area contributed by atoms with Crippen molar-refractivity contribution in [3.8, 4) is 11.3 Å². The summed E-state index contributed by atoms with van der Waals surface area (Å²) in [5, 5.41) is 9.74. The molecule has 4 aromatic rings. The highest BCUT2D eigenvalue weighted by Crippen LogP contribution is 2.33. The van der Waals surface area contributed by atoms with E-state index in [4.69, 9.17) is 16.6 Å². The summed E-state index contributed by atoms with van der Waals surface area (Å²) >= 11 is 6.84. The first-order valence-electron chi connectivity index (χ1n) is 13.5. The lowest BCUT2D eigenvalue weighted by atomic mass is 10.0. The molecule has 1 aromatic carbocycles. The van der Waals surface area contributed by atoms with Gasteiger partial charge in [-0.15, -0.1) is 10.2 Å². The number of aromatic nitrogens is 5. The van der Waals surface area contributed by atoms with Crippen LogP contribution >= 0.6 is 11.6 Å². The number of fused-ring (bicyclic) bond motifs is 3. The summed E-state index contributed by atoms with van der Waals surface area (Å²) in [6, 6.07) is 11.6. The van der Waals surface area contributed by atoms with Crippen molar-refractivity contribution < 1.29 is 0 Å². The molecule has 6 rings (SSSR count). The summed E-state index contributed by atoms with van der Waals surface area (Å²) in [5.74, 6) is 0.837. The van der Waals surface area contributed by atoms with Crippen LogP contribution in [0.15, 0.2) is 36.5 Å². The Labute approximate surface area is 229 Å². The first kappa shape index (κ1) is 25.3. The Morgan fingerprint density at radius 1 is 0.816 bits per heavy atom. The zero-order valence-corrected chi connectivity index (χ0v) is 23.4. The molecular formula is C28H36ClN9. The monoisotopic (exact) mass is 533 g/mol. The van der Waals surface area contributed by atoms with E-state index < -0.39 is 0 Å². The number of piperidine rings is 2. The molecule has 0 N–H and O–H groups in total. The molecule has 0 unspecified atom stereocenters. The summed E-state index contributed by atoms with van der Waals surface area (Å²) in [6.07, 6.45) is 6.27. The minimum absolute atomic E-state index is 0.598. The van der Waals surface area contributed by atoms with Crippen LogP contribution in [0.2, 0.25) is 5.02 Å². The first-order chi connectivity index (χ1) is 18.4. The lowest BCUT2D eigenvalue weighted by Crippen LogP contribution is -2.42. The van der Waals surface area contributed by atoms with Gasteiger partial charge >= 0.3 is 0 Å². The normalized spacial score (nSPS) is 18.0. The molecule has 0 aliphatic carbocycles. The Balaban J connectivity index is 1.30. The Hall–Kier alpha value is -3.01. The van der Waals surface area contributed by atoms with E-state index >= 15 is 0 Å². The molecule has 0 radical (unpaired) electrons. The molecule has 0 bridgehead atoms. The van der Waals surface area contributed by atoms with E-state index in [-0.39, 0.29) is 0 Å². The molecule has 2 saturated heterocycles. The van der Waals surface area contributed by atoms with E-state index in [9.17, 15) is 0 Å². The topological polar surface area (TPSA) is 68.9 Å². The van der Waals surface area contributed by atoms with Crippen LogP contribution in [0.3, 0.4) is 0 Å². The van der Waals surface area contributed by atoms with Gasteiger partial charge in [0.2, 0.25) is 5.95 Å². The van der Waals surface area contributed by atoms with Crippen molar-refractivity contribution in [2.45, 2.75) is 37.8 Å². The van der Waals surface area contributed by atoms with Gasteiger partial charge in [-0.25, -0.2) is 14.4 Å². The summed E-state index contributed by atoms with van der Waals surface area (Å²) in [7, 11) is 8.64. The summed E-state index contributed by atoms with van der Waals surface area (Å²) in [5.41, 5.74) is 5.23. The van der Waals surface area contributed by atoms with Gasteiger partial charge in [0.25, 0.3) is 0 Å². The second-order valence-electron chi connectivity index (χ2n) is 11.0. The lowest BCUT2D eigenvalue weighted by Gasteiger charge is -2.36. The average Bonchev–Trinajstić information content (AvgIpc) is 3.38. The smallest absolute Gasteiger partial charge is 0.233 e. The molecule has 2 aliphatic rings. The van der Waals surface area contributed by atoms with Gasteiger partial charge in [0.15, 0.2) is 11.3 Å². The standard InChI is InChI=1S/C28H36ClN9/c1-34(2)20-9-13-36(14-10-20)25-8-5-19(17-22(25)29)23-6-7-24-27(31-23)38-26(18-30-24)32-33-28(38)37-15-11-21(12-16-37)35(3)4/h5-8,17-18,20-21H,9-16H2,1-4H3. The number of anilines is 2. The summed E-state index contributed by atoms with van der Waals surface area (Å²) in [6.45, 7) is 3.91. The van der Waals surface area contributed by atoms with E-state index in [0.717, 1.165) is 90.9 Å². The van der Waals surface area contributed by atoms with Gasteiger partial charge < -0.3 is 19.6 Å². The number of rotatable bonds is 5.